The summed E-state index contributed by atoms with van der Waals surface area (Å²) in [5.74, 6) is 2.28. The molecule has 0 bridgehead atoms. The van der Waals surface area contributed by atoms with Crippen LogP contribution < -0.4 is 4.74 Å². The van der Waals surface area contributed by atoms with Gasteiger partial charge in [-0.05, 0) is 22.4 Å². The van der Waals surface area contributed by atoms with Gasteiger partial charge >= 0.3 is 0 Å². The van der Waals surface area contributed by atoms with E-state index in [1.807, 2.05) is 0 Å². The van der Waals surface area contributed by atoms with E-state index in [2.05, 4.69) is 71.6 Å². The van der Waals surface area contributed by atoms with E-state index in [1.54, 1.807) is 0 Å². The summed E-state index contributed by atoms with van der Waals surface area (Å²) in [5.41, 5.74) is 2.83. The van der Waals surface area contributed by atoms with Gasteiger partial charge in [0.2, 0.25) is 0 Å². The van der Waals surface area contributed by atoms with Crippen LogP contribution in [0, 0.1) is 5.92 Å². The molecule has 0 spiro atoms. The highest BCUT2D eigenvalue weighted by atomic mass is 35.5. The highest BCUT2D eigenvalue weighted by molar-refractivity contribution is 5.88. The Balaban J connectivity index is 0.00000157. The smallest absolute Gasteiger partial charge is 0.123 e. The Morgan fingerprint density at radius 2 is 1.68 bits per heavy atom. The Morgan fingerprint density at radius 3 is 2.56 bits per heavy atom. The van der Waals surface area contributed by atoms with Gasteiger partial charge in [0.05, 0.1) is 6.61 Å². The van der Waals surface area contributed by atoms with Gasteiger partial charge in [0.15, 0.2) is 0 Å². The van der Waals surface area contributed by atoms with Gasteiger partial charge in [-0.15, -0.1) is 12.4 Å². The van der Waals surface area contributed by atoms with Crippen LogP contribution in [-0.4, -0.2) is 24.6 Å². The molecule has 0 unspecified atom stereocenters. The van der Waals surface area contributed by atoms with Crippen molar-refractivity contribution < 1.29 is 4.74 Å². The number of hydrogen-bond acceptors (Lipinski definition) is 2. The van der Waals surface area contributed by atoms with E-state index in [9.17, 15) is 0 Å². The number of hydrogen-bond donors (Lipinski definition) is 0. The van der Waals surface area contributed by atoms with Crippen LogP contribution in [0.4, 0.5) is 0 Å². The van der Waals surface area contributed by atoms with Crippen LogP contribution in [0.1, 0.15) is 17.0 Å². The third-order valence-electron chi connectivity index (χ3n) is 5.52. The lowest BCUT2D eigenvalue weighted by molar-refractivity contribution is 0.213. The van der Waals surface area contributed by atoms with Crippen molar-refractivity contribution in [1.29, 1.82) is 0 Å². The molecule has 3 heteroatoms. The van der Waals surface area contributed by atoms with E-state index >= 15 is 0 Å². The van der Waals surface area contributed by atoms with Crippen molar-refractivity contribution in [2.75, 3.05) is 19.7 Å². The highest BCUT2D eigenvalue weighted by Crippen LogP contribution is 2.45. The molecular formula is C22H22ClNO. The fourth-order valence-corrected chi connectivity index (χ4v) is 4.41. The largest absolute Gasteiger partial charge is 0.493 e. The zero-order valence-corrected chi connectivity index (χ0v) is 14.9. The Bertz CT molecular complexity index is 880. The lowest BCUT2D eigenvalue weighted by Gasteiger charge is -2.29. The van der Waals surface area contributed by atoms with E-state index in [0.717, 1.165) is 32.0 Å². The average Bonchev–Trinajstić information content (AvgIpc) is 3.04. The Kier molecular flexibility index (Phi) is 4.41. The van der Waals surface area contributed by atoms with Gasteiger partial charge in [0, 0.05) is 37.0 Å². The van der Waals surface area contributed by atoms with Crippen LogP contribution >= 0.6 is 12.4 Å². The topological polar surface area (TPSA) is 12.5 Å². The average molecular weight is 352 g/mol. The van der Waals surface area contributed by atoms with Crippen molar-refractivity contribution in [3.63, 3.8) is 0 Å². The number of fused-ring (bicyclic) bond motifs is 5. The molecule has 0 aliphatic carbocycles. The zero-order chi connectivity index (χ0) is 15.9. The van der Waals surface area contributed by atoms with Crippen molar-refractivity contribution in [3.8, 4) is 5.75 Å². The van der Waals surface area contributed by atoms with E-state index in [4.69, 9.17) is 4.74 Å². The third-order valence-corrected chi connectivity index (χ3v) is 5.52. The molecule has 5 rings (SSSR count). The van der Waals surface area contributed by atoms with E-state index in [0.29, 0.717) is 11.8 Å². The molecule has 2 nitrogen and oxygen atoms in total. The summed E-state index contributed by atoms with van der Waals surface area (Å²) in [5, 5.41) is 2.69. The van der Waals surface area contributed by atoms with Crippen molar-refractivity contribution in [3.05, 3.63) is 77.9 Å². The number of likely N-dealkylation sites (tertiary alicyclic amines) is 1. The summed E-state index contributed by atoms with van der Waals surface area (Å²) >= 11 is 0. The van der Waals surface area contributed by atoms with Crippen LogP contribution in [0.25, 0.3) is 10.8 Å². The Morgan fingerprint density at radius 1 is 0.880 bits per heavy atom. The fraction of sp³-hybridized carbons (Fsp3) is 0.273. The minimum Gasteiger partial charge on any atom is -0.493 e. The van der Waals surface area contributed by atoms with Crippen LogP contribution in [-0.2, 0) is 6.54 Å². The first-order chi connectivity index (χ1) is 11.9. The molecule has 1 fully saturated rings. The fourth-order valence-electron chi connectivity index (χ4n) is 4.41. The van der Waals surface area contributed by atoms with Crippen molar-refractivity contribution in [1.82, 2.24) is 4.90 Å². The van der Waals surface area contributed by atoms with Crippen LogP contribution in [0.2, 0.25) is 0 Å². The van der Waals surface area contributed by atoms with E-state index in [1.165, 1.54) is 21.9 Å². The van der Waals surface area contributed by atoms with Gasteiger partial charge in [-0.2, -0.15) is 0 Å². The van der Waals surface area contributed by atoms with Crippen LogP contribution in [0.15, 0.2) is 66.7 Å². The second-order valence-corrected chi connectivity index (χ2v) is 7.06. The molecule has 2 aliphatic rings. The first-order valence-electron chi connectivity index (χ1n) is 8.79. The molecule has 0 amide bonds. The molecule has 2 heterocycles. The summed E-state index contributed by atoms with van der Waals surface area (Å²) in [6, 6.07) is 23.9. The first-order valence-corrected chi connectivity index (χ1v) is 8.79. The molecule has 0 N–H and O–H groups in total. The van der Waals surface area contributed by atoms with Gasteiger partial charge < -0.3 is 4.74 Å². The molecule has 3 aromatic carbocycles. The molecule has 0 aromatic heterocycles. The maximum Gasteiger partial charge on any atom is 0.123 e. The summed E-state index contributed by atoms with van der Waals surface area (Å²) in [7, 11) is 0. The molecule has 1 saturated heterocycles. The molecule has 128 valence electrons. The molecule has 0 radical (unpaired) electrons. The lowest BCUT2D eigenvalue weighted by Crippen LogP contribution is -2.25. The lowest BCUT2D eigenvalue weighted by atomic mass is 9.84. The van der Waals surface area contributed by atoms with Gasteiger partial charge in [0.1, 0.15) is 5.75 Å². The van der Waals surface area contributed by atoms with E-state index < -0.39 is 0 Å². The van der Waals surface area contributed by atoms with Crippen molar-refractivity contribution in [2.24, 2.45) is 5.92 Å². The number of rotatable bonds is 2. The molecule has 0 saturated carbocycles. The van der Waals surface area contributed by atoms with Crippen LogP contribution in [0.3, 0.4) is 0 Å². The molecule has 25 heavy (non-hydrogen) atoms. The summed E-state index contributed by atoms with van der Waals surface area (Å²) < 4.78 is 6.12. The first kappa shape index (κ1) is 16.4. The standard InChI is InChI=1S/C22H21NO.ClH/c1-2-6-16(7-3-1)12-23-13-18-15-24-21-11-10-17-8-4-5-9-19(17)22(21)20(18)14-23;/h1-11,18,20H,12-15H2;1H/t18-,20+;/m1./s1. The van der Waals surface area contributed by atoms with Gasteiger partial charge in [-0.1, -0.05) is 60.7 Å². The van der Waals surface area contributed by atoms with Gasteiger partial charge in [-0.25, -0.2) is 0 Å². The molecule has 2 aliphatic heterocycles. The minimum atomic E-state index is 0. The minimum absolute atomic E-state index is 0. The number of halogens is 1. The highest BCUT2D eigenvalue weighted by Gasteiger charge is 2.39. The predicted molar refractivity (Wildman–Crippen MR) is 105 cm³/mol. The van der Waals surface area contributed by atoms with Crippen molar-refractivity contribution >= 4 is 23.2 Å². The van der Waals surface area contributed by atoms with Gasteiger partial charge in [0.25, 0.3) is 0 Å². The monoisotopic (exact) mass is 351 g/mol. The SMILES string of the molecule is Cl.c1ccc(CN2C[C@@H]3COc4ccc5ccccc5c4[C@H]3C2)cc1. The maximum absolute atomic E-state index is 6.12. The van der Waals surface area contributed by atoms with Gasteiger partial charge in [-0.3, -0.25) is 4.90 Å². The number of benzene rings is 3. The normalized spacial score (nSPS) is 21.9. The Hall–Kier alpha value is -2.03. The third kappa shape index (κ3) is 2.90. The maximum atomic E-state index is 6.12. The predicted octanol–water partition coefficient (Wildman–Crippen LogP) is 4.87. The summed E-state index contributed by atoms with van der Waals surface area (Å²) in [6.45, 7) is 4.14. The zero-order valence-electron chi connectivity index (χ0n) is 14.1. The molecule has 2 atom stereocenters. The number of ether oxygens (including phenoxy) is 1. The van der Waals surface area contributed by atoms with Crippen molar-refractivity contribution in [2.45, 2.75) is 12.5 Å². The quantitative estimate of drug-likeness (QED) is 0.653. The summed E-state index contributed by atoms with van der Waals surface area (Å²) in [4.78, 5) is 2.59. The summed E-state index contributed by atoms with van der Waals surface area (Å²) in [6.07, 6.45) is 0. The number of nitrogens with zero attached hydrogens (tertiary/aromatic N) is 1. The molecular weight excluding hydrogens is 330 g/mol. The Labute approximate surface area is 154 Å². The van der Waals surface area contributed by atoms with E-state index in [-0.39, 0.29) is 12.4 Å². The second-order valence-electron chi connectivity index (χ2n) is 7.06. The molecule has 3 aromatic rings. The second kappa shape index (κ2) is 6.70. The van der Waals surface area contributed by atoms with Crippen LogP contribution in [0.5, 0.6) is 5.75 Å².